The van der Waals surface area contributed by atoms with Crippen molar-refractivity contribution in [3.05, 3.63) is 57.5 Å². The highest BCUT2D eigenvalue weighted by Crippen LogP contribution is 2.27. The molecule has 8 heteroatoms. The van der Waals surface area contributed by atoms with Gasteiger partial charge in [0.1, 0.15) is 17.5 Å². The quantitative estimate of drug-likeness (QED) is 0.527. The minimum absolute atomic E-state index is 0.213. The zero-order valence-electron chi connectivity index (χ0n) is 17.3. The van der Waals surface area contributed by atoms with Crippen LogP contribution in [0.1, 0.15) is 25.8 Å². The molecule has 2 aromatic rings. The smallest absolute Gasteiger partial charge is 0.261 e. The molecule has 0 aromatic heterocycles. The Morgan fingerprint density at radius 3 is 2.67 bits per heavy atom. The predicted molar refractivity (Wildman–Crippen MR) is 121 cm³/mol. The van der Waals surface area contributed by atoms with Crippen LogP contribution in [0, 0.1) is 0 Å². The number of hydrogen-bond acceptors (Lipinski definition) is 4. The molecule has 0 unspecified atom stereocenters. The Bertz CT molecular complexity index is 878. The molecule has 2 rings (SSSR count). The number of ether oxygens (including phenoxy) is 2. The van der Waals surface area contributed by atoms with Crippen LogP contribution >= 0.6 is 27.5 Å². The second kappa shape index (κ2) is 11.8. The Morgan fingerprint density at radius 1 is 1.23 bits per heavy atom. The predicted octanol–water partition coefficient (Wildman–Crippen LogP) is 4.43. The van der Waals surface area contributed by atoms with E-state index in [0.29, 0.717) is 23.1 Å². The third kappa shape index (κ3) is 6.92. The fraction of sp³-hybridized carbons (Fsp3) is 0.364. The van der Waals surface area contributed by atoms with E-state index in [-0.39, 0.29) is 25.0 Å². The van der Waals surface area contributed by atoms with Gasteiger partial charge in [0.05, 0.1) is 12.1 Å². The number of methoxy groups -OCH3 is 1. The van der Waals surface area contributed by atoms with Crippen molar-refractivity contribution in [1.29, 1.82) is 0 Å². The maximum absolute atomic E-state index is 13.0. The maximum atomic E-state index is 13.0. The number of halogens is 2. The topological polar surface area (TPSA) is 67.9 Å². The molecular weight excluding hydrogens is 472 g/mol. The van der Waals surface area contributed by atoms with Crippen LogP contribution in [0.2, 0.25) is 5.02 Å². The first-order valence-electron chi connectivity index (χ1n) is 9.63. The average Bonchev–Trinajstić information content (AvgIpc) is 2.74. The SMILES string of the molecule is CCCNC(=O)[C@@H](C)N(Cc1cccc(OC)c1)C(=O)COc1ccc(Br)cc1Cl. The molecule has 0 heterocycles. The van der Waals surface area contributed by atoms with Gasteiger partial charge in [-0.2, -0.15) is 0 Å². The highest BCUT2D eigenvalue weighted by molar-refractivity contribution is 9.10. The highest BCUT2D eigenvalue weighted by Gasteiger charge is 2.26. The van der Waals surface area contributed by atoms with E-state index in [4.69, 9.17) is 21.1 Å². The van der Waals surface area contributed by atoms with Crippen LogP contribution in [0.4, 0.5) is 0 Å². The summed E-state index contributed by atoms with van der Waals surface area (Å²) >= 11 is 9.50. The molecule has 1 atom stereocenters. The van der Waals surface area contributed by atoms with E-state index in [1.54, 1.807) is 32.2 Å². The fourth-order valence-corrected chi connectivity index (χ4v) is 3.49. The summed E-state index contributed by atoms with van der Waals surface area (Å²) < 4.78 is 11.7. The average molecular weight is 498 g/mol. The van der Waals surface area contributed by atoms with Crippen molar-refractivity contribution in [2.45, 2.75) is 32.9 Å². The number of hydrogen-bond donors (Lipinski definition) is 1. The van der Waals surface area contributed by atoms with Crippen LogP contribution in [-0.2, 0) is 16.1 Å². The van der Waals surface area contributed by atoms with Crippen LogP contribution in [0.3, 0.4) is 0 Å². The van der Waals surface area contributed by atoms with E-state index in [9.17, 15) is 9.59 Å². The molecule has 0 saturated heterocycles. The normalized spacial score (nSPS) is 11.5. The molecule has 0 fully saturated rings. The molecule has 30 heavy (non-hydrogen) atoms. The maximum Gasteiger partial charge on any atom is 0.261 e. The van der Waals surface area contributed by atoms with Gasteiger partial charge in [-0.3, -0.25) is 9.59 Å². The number of nitrogens with zero attached hydrogens (tertiary/aromatic N) is 1. The molecule has 0 aliphatic carbocycles. The third-order valence-corrected chi connectivity index (χ3v) is 5.24. The Balaban J connectivity index is 2.17. The second-order valence-corrected chi connectivity index (χ2v) is 8.03. The molecule has 162 valence electrons. The number of carbonyl (C=O) groups excluding carboxylic acids is 2. The number of rotatable bonds is 10. The van der Waals surface area contributed by atoms with E-state index >= 15 is 0 Å². The lowest BCUT2D eigenvalue weighted by Gasteiger charge is -2.29. The number of nitrogens with one attached hydrogen (secondary N) is 1. The van der Waals surface area contributed by atoms with Crippen LogP contribution in [0.15, 0.2) is 46.9 Å². The minimum atomic E-state index is -0.667. The molecule has 0 spiro atoms. The summed E-state index contributed by atoms with van der Waals surface area (Å²) in [4.78, 5) is 27.0. The molecule has 1 N–H and O–H groups in total. The van der Waals surface area contributed by atoms with Gasteiger partial charge in [-0.15, -0.1) is 0 Å². The highest BCUT2D eigenvalue weighted by atomic mass is 79.9. The van der Waals surface area contributed by atoms with Gasteiger partial charge in [0.2, 0.25) is 5.91 Å². The van der Waals surface area contributed by atoms with Gasteiger partial charge in [-0.25, -0.2) is 0 Å². The van der Waals surface area contributed by atoms with Crippen molar-refractivity contribution in [2.24, 2.45) is 0 Å². The van der Waals surface area contributed by atoms with Crippen LogP contribution < -0.4 is 14.8 Å². The number of carbonyl (C=O) groups is 2. The summed E-state index contributed by atoms with van der Waals surface area (Å²) in [6.45, 7) is 4.23. The summed E-state index contributed by atoms with van der Waals surface area (Å²) in [7, 11) is 1.58. The largest absolute Gasteiger partial charge is 0.497 e. The monoisotopic (exact) mass is 496 g/mol. The lowest BCUT2D eigenvalue weighted by Crippen LogP contribution is -2.49. The summed E-state index contributed by atoms with van der Waals surface area (Å²) in [6, 6.07) is 11.9. The second-order valence-electron chi connectivity index (χ2n) is 6.70. The first-order valence-corrected chi connectivity index (χ1v) is 10.8. The summed E-state index contributed by atoms with van der Waals surface area (Å²) in [5.74, 6) is 0.546. The van der Waals surface area contributed by atoms with Gasteiger partial charge in [0.15, 0.2) is 6.61 Å². The van der Waals surface area contributed by atoms with Crippen LogP contribution in [0.5, 0.6) is 11.5 Å². The van der Waals surface area contributed by atoms with Gasteiger partial charge in [-0.05, 0) is 49.2 Å². The summed E-state index contributed by atoms with van der Waals surface area (Å²) in [5, 5.41) is 3.23. The lowest BCUT2D eigenvalue weighted by atomic mass is 10.1. The zero-order chi connectivity index (χ0) is 22.1. The number of benzene rings is 2. The molecular formula is C22H26BrClN2O4. The van der Waals surface area contributed by atoms with Gasteiger partial charge in [0.25, 0.3) is 5.91 Å². The van der Waals surface area contributed by atoms with Crippen molar-refractivity contribution in [1.82, 2.24) is 10.2 Å². The molecule has 0 aliphatic heterocycles. The summed E-state index contributed by atoms with van der Waals surface area (Å²) in [5.41, 5.74) is 0.847. The molecule has 0 radical (unpaired) electrons. The fourth-order valence-electron chi connectivity index (χ4n) is 2.76. The van der Waals surface area contributed by atoms with E-state index in [1.165, 1.54) is 4.90 Å². The first kappa shape index (κ1) is 24.0. The molecule has 2 aromatic carbocycles. The molecule has 2 amide bonds. The first-order chi connectivity index (χ1) is 14.3. The minimum Gasteiger partial charge on any atom is -0.497 e. The molecule has 0 saturated carbocycles. The standard InChI is InChI=1S/C22H26BrClN2O4/c1-4-10-25-22(28)15(2)26(13-16-6-5-7-18(11-16)29-3)21(27)14-30-20-9-8-17(23)12-19(20)24/h5-9,11-12,15H,4,10,13-14H2,1-3H3,(H,25,28)/t15-/m1/s1. The molecule has 0 bridgehead atoms. The van der Waals surface area contributed by atoms with Gasteiger partial charge < -0.3 is 19.7 Å². The Hall–Kier alpha value is -2.25. The van der Waals surface area contributed by atoms with Gasteiger partial charge >= 0.3 is 0 Å². The van der Waals surface area contributed by atoms with E-state index in [1.807, 2.05) is 31.2 Å². The van der Waals surface area contributed by atoms with E-state index < -0.39 is 6.04 Å². The Labute approximate surface area is 190 Å². The molecule has 0 aliphatic rings. The third-order valence-electron chi connectivity index (χ3n) is 4.45. The van der Waals surface area contributed by atoms with Crippen LogP contribution in [0.25, 0.3) is 0 Å². The zero-order valence-corrected chi connectivity index (χ0v) is 19.6. The summed E-state index contributed by atoms with van der Waals surface area (Å²) in [6.07, 6.45) is 0.813. The van der Waals surface area contributed by atoms with E-state index in [0.717, 1.165) is 16.5 Å². The van der Waals surface area contributed by atoms with Crippen LogP contribution in [-0.4, -0.2) is 43.0 Å². The van der Waals surface area contributed by atoms with Crippen molar-refractivity contribution >= 4 is 39.3 Å². The van der Waals surface area contributed by atoms with Gasteiger partial charge in [-0.1, -0.05) is 46.6 Å². The Kier molecular flexibility index (Phi) is 9.46. The lowest BCUT2D eigenvalue weighted by molar-refractivity contribution is -0.142. The van der Waals surface area contributed by atoms with Crippen molar-refractivity contribution in [2.75, 3.05) is 20.3 Å². The van der Waals surface area contributed by atoms with Crippen molar-refractivity contribution < 1.29 is 19.1 Å². The molecule has 6 nitrogen and oxygen atoms in total. The van der Waals surface area contributed by atoms with Crippen molar-refractivity contribution in [3.8, 4) is 11.5 Å². The number of amides is 2. The van der Waals surface area contributed by atoms with Crippen molar-refractivity contribution in [3.63, 3.8) is 0 Å². The Morgan fingerprint density at radius 2 is 2.00 bits per heavy atom. The van der Waals surface area contributed by atoms with E-state index in [2.05, 4.69) is 21.2 Å². The van der Waals surface area contributed by atoms with Gasteiger partial charge in [0, 0.05) is 17.6 Å².